The van der Waals surface area contributed by atoms with E-state index in [1.165, 1.54) is 0 Å². The van der Waals surface area contributed by atoms with Crippen LogP contribution in [0.4, 0.5) is 0 Å². The van der Waals surface area contributed by atoms with Gasteiger partial charge in [-0.2, -0.15) is 0 Å². The maximum Gasteiger partial charge on any atom is 0.251 e. The first-order valence-corrected chi connectivity index (χ1v) is 6.83. The normalized spacial score (nSPS) is 10.1. The molecule has 0 saturated heterocycles. The van der Waals surface area contributed by atoms with E-state index >= 15 is 0 Å². The Kier molecular flexibility index (Phi) is 5.27. The summed E-state index contributed by atoms with van der Waals surface area (Å²) < 4.78 is 5.47. The molecule has 0 fully saturated rings. The number of carbonyl (C=O) groups excluding carboxylic acids is 1. The number of ether oxygens (including phenoxy) is 1. The van der Waals surface area contributed by atoms with Crippen molar-refractivity contribution in [3.05, 3.63) is 64.1 Å². The Labute approximate surface area is 127 Å². The number of hydrogen-bond donors (Lipinski definition) is 1. The van der Waals surface area contributed by atoms with E-state index in [2.05, 4.69) is 5.32 Å². The van der Waals surface area contributed by atoms with Crippen molar-refractivity contribution in [2.45, 2.75) is 0 Å². The van der Waals surface area contributed by atoms with Gasteiger partial charge in [-0.3, -0.25) is 4.79 Å². The van der Waals surface area contributed by atoms with Gasteiger partial charge in [0.25, 0.3) is 5.91 Å². The highest BCUT2D eigenvalue weighted by molar-refractivity contribution is 6.31. The molecule has 2 aromatic carbocycles. The van der Waals surface area contributed by atoms with Gasteiger partial charge in [0.05, 0.1) is 6.54 Å². The zero-order chi connectivity index (χ0) is 14.4. The maximum absolute atomic E-state index is 11.8. The van der Waals surface area contributed by atoms with Gasteiger partial charge < -0.3 is 10.1 Å². The van der Waals surface area contributed by atoms with E-state index < -0.39 is 0 Å². The molecule has 0 spiro atoms. The molecule has 0 radical (unpaired) electrons. The van der Waals surface area contributed by atoms with Crippen molar-refractivity contribution in [2.75, 3.05) is 13.2 Å². The SMILES string of the molecule is O=C(NCCOc1cccc(Cl)c1)c1ccc(Cl)cc1. The Morgan fingerprint density at radius 2 is 1.80 bits per heavy atom. The summed E-state index contributed by atoms with van der Waals surface area (Å²) in [5, 5.41) is 3.98. The van der Waals surface area contributed by atoms with Crippen LogP contribution in [0.2, 0.25) is 10.0 Å². The zero-order valence-electron chi connectivity index (χ0n) is 10.6. The zero-order valence-corrected chi connectivity index (χ0v) is 12.1. The monoisotopic (exact) mass is 309 g/mol. The fourth-order valence-electron chi connectivity index (χ4n) is 1.59. The predicted molar refractivity (Wildman–Crippen MR) is 80.7 cm³/mol. The van der Waals surface area contributed by atoms with Crippen LogP contribution in [0.1, 0.15) is 10.4 Å². The van der Waals surface area contributed by atoms with E-state index in [9.17, 15) is 4.79 Å². The molecule has 0 saturated carbocycles. The van der Waals surface area contributed by atoms with Gasteiger partial charge >= 0.3 is 0 Å². The fourth-order valence-corrected chi connectivity index (χ4v) is 1.90. The molecule has 2 aromatic rings. The van der Waals surface area contributed by atoms with Crippen molar-refractivity contribution in [2.24, 2.45) is 0 Å². The lowest BCUT2D eigenvalue weighted by Gasteiger charge is -2.08. The molecule has 5 heteroatoms. The average Bonchev–Trinajstić information content (AvgIpc) is 2.44. The molecule has 104 valence electrons. The molecule has 0 aromatic heterocycles. The molecule has 1 amide bonds. The molecule has 0 aliphatic heterocycles. The average molecular weight is 310 g/mol. The predicted octanol–water partition coefficient (Wildman–Crippen LogP) is 3.80. The van der Waals surface area contributed by atoms with Crippen molar-refractivity contribution in [1.82, 2.24) is 5.32 Å². The minimum Gasteiger partial charge on any atom is -0.492 e. The van der Waals surface area contributed by atoms with Crippen LogP contribution in [0.25, 0.3) is 0 Å². The summed E-state index contributed by atoms with van der Waals surface area (Å²) in [5.41, 5.74) is 0.567. The minimum absolute atomic E-state index is 0.156. The molecule has 20 heavy (non-hydrogen) atoms. The Balaban J connectivity index is 1.76. The molecule has 0 atom stereocenters. The largest absolute Gasteiger partial charge is 0.492 e. The Morgan fingerprint density at radius 3 is 2.50 bits per heavy atom. The first kappa shape index (κ1) is 14.7. The topological polar surface area (TPSA) is 38.3 Å². The summed E-state index contributed by atoms with van der Waals surface area (Å²) in [5.74, 6) is 0.523. The van der Waals surface area contributed by atoms with Crippen molar-refractivity contribution in [3.8, 4) is 5.75 Å². The van der Waals surface area contributed by atoms with Gasteiger partial charge in [-0.15, -0.1) is 0 Å². The lowest BCUT2D eigenvalue weighted by molar-refractivity contribution is 0.0947. The van der Waals surface area contributed by atoms with E-state index in [0.717, 1.165) is 0 Å². The van der Waals surface area contributed by atoms with Crippen molar-refractivity contribution in [1.29, 1.82) is 0 Å². The lowest BCUT2D eigenvalue weighted by atomic mass is 10.2. The van der Waals surface area contributed by atoms with Crippen molar-refractivity contribution >= 4 is 29.1 Å². The van der Waals surface area contributed by atoms with E-state index in [0.29, 0.717) is 34.5 Å². The molecule has 0 unspecified atom stereocenters. The fraction of sp³-hybridized carbons (Fsp3) is 0.133. The number of amides is 1. The van der Waals surface area contributed by atoms with Gasteiger partial charge in [-0.25, -0.2) is 0 Å². The van der Waals surface area contributed by atoms with E-state index in [4.69, 9.17) is 27.9 Å². The summed E-state index contributed by atoms with van der Waals surface area (Å²) in [4.78, 5) is 11.8. The van der Waals surface area contributed by atoms with Gasteiger partial charge in [-0.1, -0.05) is 29.3 Å². The van der Waals surface area contributed by atoms with Crippen LogP contribution < -0.4 is 10.1 Å². The van der Waals surface area contributed by atoms with Gasteiger partial charge in [0.2, 0.25) is 0 Å². The maximum atomic E-state index is 11.8. The van der Waals surface area contributed by atoms with E-state index in [1.54, 1.807) is 36.4 Å². The highest BCUT2D eigenvalue weighted by atomic mass is 35.5. The number of carbonyl (C=O) groups is 1. The van der Waals surface area contributed by atoms with E-state index in [1.807, 2.05) is 12.1 Å². The van der Waals surface area contributed by atoms with Crippen molar-refractivity contribution < 1.29 is 9.53 Å². The number of benzene rings is 2. The van der Waals surface area contributed by atoms with Crippen LogP contribution in [-0.4, -0.2) is 19.1 Å². The first-order chi connectivity index (χ1) is 9.65. The number of rotatable bonds is 5. The molecule has 2 rings (SSSR count). The number of halogens is 2. The number of nitrogens with one attached hydrogen (secondary N) is 1. The second kappa shape index (κ2) is 7.17. The van der Waals surface area contributed by atoms with Crippen LogP contribution in [0.15, 0.2) is 48.5 Å². The molecular formula is C15H13Cl2NO2. The third-order valence-corrected chi connectivity index (χ3v) is 3.05. The van der Waals surface area contributed by atoms with Crippen LogP contribution in [-0.2, 0) is 0 Å². The van der Waals surface area contributed by atoms with E-state index in [-0.39, 0.29) is 5.91 Å². The molecule has 0 heterocycles. The first-order valence-electron chi connectivity index (χ1n) is 6.07. The second-order valence-electron chi connectivity index (χ2n) is 4.07. The molecule has 1 N–H and O–H groups in total. The third-order valence-electron chi connectivity index (χ3n) is 2.56. The summed E-state index contributed by atoms with van der Waals surface area (Å²) in [6.07, 6.45) is 0. The highest BCUT2D eigenvalue weighted by Gasteiger charge is 2.04. The molecule has 0 bridgehead atoms. The van der Waals surface area contributed by atoms with Crippen molar-refractivity contribution in [3.63, 3.8) is 0 Å². The van der Waals surface area contributed by atoms with Crippen LogP contribution in [0.3, 0.4) is 0 Å². The molecular weight excluding hydrogens is 297 g/mol. The Hall–Kier alpha value is -1.71. The number of hydrogen-bond acceptors (Lipinski definition) is 2. The summed E-state index contributed by atoms with van der Waals surface area (Å²) in [6, 6.07) is 13.8. The molecule has 0 aliphatic carbocycles. The van der Waals surface area contributed by atoms with Gasteiger partial charge in [-0.05, 0) is 42.5 Å². The van der Waals surface area contributed by atoms with Gasteiger partial charge in [0.15, 0.2) is 0 Å². The van der Waals surface area contributed by atoms with Gasteiger partial charge in [0, 0.05) is 15.6 Å². The Morgan fingerprint density at radius 1 is 1.05 bits per heavy atom. The minimum atomic E-state index is -0.156. The summed E-state index contributed by atoms with van der Waals surface area (Å²) >= 11 is 11.6. The van der Waals surface area contributed by atoms with Crippen LogP contribution >= 0.6 is 23.2 Å². The second-order valence-corrected chi connectivity index (χ2v) is 4.94. The quantitative estimate of drug-likeness (QED) is 0.853. The smallest absolute Gasteiger partial charge is 0.251 e. The summed E-state index contributed by atoms with van der Waals surface area (Å²) in [7, 11) is 0. The summed E-state index contributed by atoms with van der Waals surface area (Å²) in [6.45, 7) is 0.785. The standard InChI is InChI=1S/C15H13Cl2NO2/c16-12-6-4-11(5-7-12)15(19)18-8-9-20-14-3-1-2-13(17)10-14/h1-7,10H,8-9H2,(H,18,19). The van der Waals surface area contributed by atoms with Crippen LogP contribution in [0.5, 0.6) is 5.75 Å². The Bertz CT molecular complexity index is 585. The van der Waals surface area contributed by atoms with Crippen LogP contribution in [0, 0.1) is 0 Å². The third kappa shape index (κ3) is 4.44. The molecule has 3 nitrogen and oxygen atoms in total. The lowest BCUT2D eigenvalue weighted by Crippen LogP contribution is -2.28. The molecule has 0 aliphatic rings. The highest BCUT2D eigenvalue weighted by Crippen LogP contribution is 2.16. The van der Waals surface area contributed by atoms with Gasteiger partial charge in [0.1, 0.15) is 12.4 Å².